The van der Waals surface area contributed by atoms with Crippen LogP contribution in [0.4, 0.5) is 0 Å². The van der Waals surface area contributed by atoms with Crippen molar-refractivity contribution >= 4 is 17.7 Å². The molecular formula is C14H25N3S. The Hall–Kier alpha value is -0.640. The highest BCUT2D eigenvalue weighted by atomic mass is 32.2. The van der Waals surface area contributed by atoms with Crippen molar-refractivity contribution in [1.29, 1.82) is 0 Å². The average molecular weight is 267 g/mol. The van der Waals surface area contributed by atoms with Gasteiger partial charge in [0.05, 0.1) is 0 Å². The highest BCUT2D eigenvalue weighted by Gasteiger charge is 2.11. The number of guanidine groups is 1. The molecule has 2 N–H and O–H groups in total. The Kier molecular flexibility index (Phi) is 5.91. The largest absolute Gasteiger partial charge is 0.370 e. The predicted octanol–water partition coefficient (Wildman–Crippen LogP) is 2.63. The monoisotopic (exact) mass is 267 g/mol. The first-order valence-corrected chi connectivity index (χ1v) is 8.32. The van der Waals surface area contributed by atoms with Crippen LogP contribution in [0.3, 0.4) is 0 Å². The van der Waals surface area contributed by atoms with Crippen molar-refractivity contribution < 1.29 is 0 Å². The fourth-order valence-electron chi connectivity index (χ4n) is 2.51. The highest BCUT2D eigenvalue weighted by Crippen LogP contribution is 2.19. The van der Waals surface area contributed by atoms with Crippen LogP contribution in [0.5, 0.6) is 0 Å². The standard InChI is InChI=1S/C14H25N3S/c15-14(17-9-11-18-12-10-17)16-8-7-13-5-3-1-2-4-6-13/h5H,1-4,6-12H2,(H2,15,16). The van der Waals surface area contributed by atoms with E-state index in [0.29, 0.717) is 0 Å². The lowest BCUT2D eigenvalue weighted by atomic mass is 10.1. The molecule has 4 heteroatoms. The van der Waals surface area contributed by atoms with E-state index in [4.69, 9.17) is 5.73 Å². The molecule has 0 saturated carbocycles. The van der Waals surface area contributed by atoms with E-state index in [0.717, 1.165) is 32.0 Å². The third kappa shape index (κ3) is 4.56. The summed E-state index contributed by atoms with van der Waals surface area (Å²) in [5, 5.41) is 0. The third-order valence-corrected chi connectivity index (χ3v) is 4.62. The van der Waals surface area contributed by atoms with Gasteiger partial charge in [-0.2, -0.15) is 11.8 Å². The average Bonchev–Trinajstić information content (AvgIpc) is 2.68. The number of nitrogens with two attached hydrogens (primary N) is 1. The van der Waals surface area contributed by atoms with Crippen LogP contribution >= 0.6 is 11.8 Å². The topological polar surface area (TPSA) is 41.6 Å². The van der Waals surface area contributed by atoms with Gasteiger partial charge in [0.15, 0.2) is 5.96 Å². The molecule has 0 aromatic rings. The van der Waals surface area contributed by atoms with Crippen molar-refractivity contribution in [1.82, 2.24) is 4.90 Å². The molecule has 102 valence electrons. The van der Waals surface area contributed by atoms with Gasteiger partial charge < -0.3 is 10.6 Å². The normalized spacial score (nSPS) is 22.6. The second-order valence-corrected chi connectivity index (χ2v) is 6.28. The Morgan fingerprint density at radius 2 is 2.11 bits per heavy atom. The van der Waals surface area contributed by atoms with Crippen molar-refractivity contribution in [2.75, 3.05) is 31.1 Å². The molecule has 2 rings (SSSR count). The lowest BCUT2D eigenvalue weighted by Gasteiger charge is -2.27. The van der Waals surface area contributed by atoms with Gasteiger partial charge in [0.2, 0.25) is 0 Å². The van der Waals surface area contributed by atoms with Crippen LogP contribution < -0.4 is 5.73 Å². The lowest BCUT2D eigenvalue weighted by Crippen LogP contribution is -2.42. The summed E-state index contributed by atoms with van der Waals surface area (Å²) in [6.45, 7) is 2.98. The van der Waals surface area contributed by atoms with Crippen LogP contribution in [-0.2, 0) is 0 Å². The first-order valence-electron chi connectivity index (χ1n) is 7.17. The summed E-state index contributed by atoms with van der Waals surface area (Å²) in [6.07, 6.45) is 10.2. The highest BCUT2D eigenvalue weighted by molar-refractivity contribution is 7.99. The van der Waals surface area contributed by atoms with Gasteiger partial charge in [-0.1, -0.05) is 18.1 Å². The van der Waals surface area contributed by atoms with Crippen molar-refractivity contribution in [3.63, 3.8) is 0 Å². The molecule has 0 atom stereocenters. The van der Waals surface area contributed by atoms with Crippen LogP contribution in [0.15, 0.2) is 16.6 Å². The van der Waals surface area contributed by atoms with Crippen molar-refractivity contribution in [2.24, 2.45) is 10.7 Å². The molecule has 0 bridgehead atoms. The van der Waals surface area contributed by atoms with Gasteiger partial charge in [0.1, 0.15) is 0 Å². The maximum absolute atomic E-state index is 6.04. The molecule has 1 fully saturated rings. The van der Waals surface area contributed by atoms with Gasteiger partial charge in [-0.15, -0.1) is 0 Å². The van der Waals surface area contributed by atoms with Gasteiger partial charge in [-0.3, -0.25) is 4.99 Å². The Morgan fingerprint density at radius 3 is 2.94 bits per heavy atom. The van der Waals surface area contributed by atoms with E-state index in [9.17, 15) is 0 Å². The van der Waals surface area contributed by atoms with Crippen LogP contribution in [0.2, 0.25) is 0 Å². The zero-order valence-electron chi connectivity index (χ0n) is 11.2. The van der Waals surface area contributed by atoms with Crippen molar-refractivity contribution in [2.45, 2.75) is 38.5 Å². The third-order valence-electron chi connectivity index (χ3n) is 3.68. The lowest BCUT2D eigenvalue weighted by molar-refractivity contribution is 0.456. The molecule has 0 aromatic carbocycles. The minimum atomic E-state index is 0.754. The SMILES string of the molecule is NC(=NCCC1=CCCCCC1)N1CCSCC1. The van der Waals surface area contributed by atoms with Gasteiger partial charge in [0, 0.05) is 31.1 Å². The molecule has 1 saturated heterocycles. The Balaban J connectivity index is 1.73. The smallest absolute Gasteiger partial charge is 0.191 e. The van der Waals surface area contributed by atoms with E-state index in [1.165, 1.54) is 43.6 Å². The van der Waals surface area contributed by atoms with Crippen molar-refractivity contribution in [3.05, 3.63) is 11.6 Å². The number of hydrogen-bond acceptors (Lipinski definition) is 2. The van der Waals surface area contributed by atoms with E-state index >= 15 is 0 Å². The number of allylic oxidation sites excluding steroid dienone is 1. The summed E-state index contributed by atoms with van der Waals surface area (Å²) in [4.78, 5) is 6.76. The quantitative estimate of drug-likeness (QED) is 0.485. The molecule has 0 unspecified atom stereocenters. The molecule has 0 spiro atoms. The second kappa shape index (κ2) is 7.72. The van der Waals surface area contributed by atoms with E-state index in [1.807, 2.05) is 11.8 Å². The summed E-state index contributed by atoms with van der Waals surface area (Å²) >= 11 is 2.00. The summed E-state index contributed by atoms with van der Waals surface area (Å²) < 4.78 is 0. The zero-order chi connectivity index (χ0) is 12.6. The summed E-state index contributed by atoms with van der Waals surface area (Å²) in [5.74, 6) is 3.12. The van der Waals surface area contributed by atoms with Crippen LogP contribution in [0.1, 0.15) is 38.5 Å². The van der Waals surface area contributed by atoms with Gasteiger partial charge >= 0.3 is 0 Å². The molecule has 2 aliphatic rings. The van der Waals surface area contributed by atoms with E-state index in [-0.39, 0.29) is 0 Å². The molecule has 0 radical (unpaired) electrons. The Bertz CT molecular complexity index is 306. The Morgan fingerprint density at radius 1 is 1.28 bits per heavy atom. The fraction of sp³-hybridized carbons (Fsp3) is 0.786. The fourth-order valence-corrected chi connectivity index (χ4v) is 3.42. The second-order valence-electron chi connectivity index (χ2n) is 5.05. The van der Waals surface area contributed by atoms with Crippen LogP contribution in [0.25, 0.3) is 0 Å². The molecule has 1 heterocycles. The Labute approximate surface area is 115 Å². The number of aliphatic imine (C=N–C) groups is 1. The molecule has 0 aromatic heterocycles. The molecule has 0 amide bonds. The minimum Gasteiger partial charge on any atom is -0.370 e. The number of rotatable bonds is 3. The number of hydrogen-bond donors (Lipinski definition) is 1. The maximum Gasteiger partial charge on any atom is 0.191 e. The van der Waals surface area contributed by atoms with E-state index < -0.39 is 0 Å². The number of nitrogens with zero attached hydrogens (tertiary/aromatic N) is 2. The maximum atomic E-state index is 6.04. The molecule has 1 aliphatic carbocycles. The molecule has 18 heavy (non-hydrogen) atoms. The van der Waals surface area contributed by atoms with Gasteiger partial charge in [-0.05, 0) is 32.1 Å². The predicted molar refractivity (Wildman–Crippen MR) is 81.2 cm³/mol. The summed E-state index contributed by atoms with van der Waals surface area (Å²) in [7, 11) is 0. The van der Waals surface area contributed by atoms with Gasteiger partial charge in [0.25, 0.3) is 0 Å². The summed E-state index contributed by atoms with van der Waals surface area (Å²) in [5.41, 5.74) is 7.64. The van der Waals surface area contributed by atoms with E-state index in [2.05, 4.69) is 16.0 Å². The van der Waals surface area contributed by atoms with E-state index in [1.54, 1.807) is 5.57 Å². The van der Waals surface area contributed by atoms with Crippen molar-refractivity contribution in [3.8, 4) is 0 Å². The minimum absolute atomic E-state index is 0.754. The summed E-state index contributed by atoms with van der Waals surface area (Å²) in [6, 6.07) is 0. The zero-order valence-corrected chi connectivity index (χ0v) is 12.1. The molecular weight excluding hydrogens is 242 g/mol. The first kappa shape index (κ1) is 13.8. The molecule has 3 nitrogen and oxygen atoms in total. The number of thioether (sulfide) groups is 1. The van der Waals surface area contributed by atoms with Gasteiger partial charge in [-0.25, -0.2) is 0 Å². The first-order chi connectivity index (χ1) is 8.86. The molecule has 1 aliphatic heterocycles. The van der Waals surface area contributed by atoms with Crippen LogP contribution in [0, 0.1) is 0 Å². The van der Waals surface area contributed by atoms with Crippen LogP contribution in [-0.4, -0.2) is 42.0 Å².